The SMILES string of the molecule is CCOc1ccc(/C(O)=C2/C(=O)C(=O)N(c3ccc(C(C)C)cc3)C2c2ccc(N(CC)CC)cc2)c(OCC)c1. The lowest BCUT2D eigenvalue weighted by Gasteiger charge is -2.27. The van der Waals surface area contributed by atoms with Crippen LogP contribution in [0.15, 0.2) is 72.3 Å². The van der Waals surface area contributed by atoms with Gasteiger partial charge in [-0.25, -0.2) is 0 Å². The Bertz CT molecular complexity index is 1410. The van der Waals surface area contributed by atoms with Crippen LogP contribution in [0.4, 0.5) is 11.4 Å². The standard InChI is InChI=1S/C34H40N2O5/c1-7-35(8-2)25-15-13-24(14-16-25)31-30(32(37)28-20-19-27(40-9-3)21-29(28)41-10-4)33(38)34(39)36(31)26-17-11-23(12-18-26)22(5)6/h11-22,31,37H,7-10H2,1-6H3/b32-30-. The largest absolute Gasteiger partial charge is 0.507 e. The summed E-state index contributed by atoms with van der Waals surface area (Å²) >= 11 is 0. The molecule has 1 atom stereocenters. The Hall–Kier alpha value is -4.26. The van der Waals surface area contributed by atoms with Crippen LogP contribution in [0.1, 0.15) is 70.2 Å². The van der Waals surface area contributed by atoms with Gasteiger partial charge in [-0.3, -0.25) is 14.5 Å². The van der Waals surface area contributed by atoms with Gasteiger partial charge in [0.2, 0.25) is 0 Å². The molecular formula is C34H40N2O5. The summed E-state index contributed by atoms with van der Waals surface area (Å²) in [7, 11) is 0. The second-order valence-electron chi connectivity index (χ2n) is 10.2. The highest BCUT2D eigenvalue weighted by Gasteiger charge is 2.47. The van der Waals surface area contributed by atoms with Crippen molar-refractivity contribution < 1.29 is 24.2 Å². The minimum absolute atomic E-state index is 0.0173. The van der Waals surface area contributed by atoms with Crippen LogP contribution in [0.5, 0.6) is 11.5 Å². The first-order valence-corrected chi connectivity index (χ1v) is 14.4. The molecule has 0 aliphatic carbocycles. The molecule has 1 amide bonds. The summed E-state index contributed by atoms with van der Waals surface area (Å²) < 4.78 is 11.5. The van der Waals surface area contributed by atoms with Crippen molar-refractivity contribution in [2.24, 2.45) is 0 Å². The van der Waals surface area contributed by atoms with Crippen LogP contribution in [0.3, 0.4) is 0 Å². The van der Waals surface area contributed by atoms with E-state index < -0.39 is 17.7 Å². The molecule has 7 nitrogen and oxygen atoms in total. The van der Waals surface area contributed by atoms with E-state index in [1.165, 1.54) is 4.90 Å². The van der Waals surface area contributed by atoms with Crippen molar-refractivity contribution >= 4 is 28.8 Å². The van der Waals surface area contributed by atoms with Crippen molar-refractivity contribution in [1.29, 1.82) is 0 Å². The van der Waals surface area contributed by atoms with Gasteiger partial charge >= 0.3 is 0 Å². The van der Waals surface area contributed by atoms with E-state index in [4.69, 9.17) is 9.47 Å². The van der Waals surface area contributed by atoms with E-state index in [-0.39, 0.29) is 11.3 Å². The Morgan fingerprint density at radius 1 is 0.878 bits per heavy atom. The number of aliphatic hydroxyl groups is 1. The first-order chi connectivity index (χ1) is 19.7. The number of hydrogen-bond acceptors (Lipinski definition) is 6. The van der Waals surface area contributed by atoms with E-state index in [2.05, 4.69) is 32.6 Å². The first kappa shape index (κ1) is 29.7. The molecule has 3 aromatic carbocycles. The van der Waals surface area contributed by atoms with Crippen molar-refractivity contribution in [3.63, 3.8) is 0 Å². The Balaban J connectivity index is 1.91. The number of benzene rings is 3. The van der Waals surface area contributed by atoms with Crippen LogP contribution in [-0.2, 0) is 9.59 Å². The van der Waals surface area contributed by atoms with Crippen LogP contribution < -0.4 is 19.3 Å². The number of rotatable bonds is 11. The fraction of sp³-hybridized carbons (Fsp3) is 0.353. The molecule has 1 saturated heterocycles. The van der Waals surface area contributed by atoms with E-state index >= 15 is 0 Å². The van der Waals surface area contributed by atoms with Gasteiger partial charge in [-0.05, 0) is 81.1 Å². The zero-order valence-corrected chi connectivity index (χ0v) is 24.8. The molecule has 3 aromatic rings. The third kappa shape index (κ3) is 5.94. The maximum atomic E-state index is 13.7. The number of carbonyl (C=O) groups is 2. The van der Waals surface area contributed by atoms with Gasteiger partial charge in [-0.2, -0.15) is 0 Å². The molecule has 0 bridgehead atoms. The van der Waals surface area contributed by atoms with Gasteiger partial charge in [-0.15, -0.1) is 0 Å². The number of aliphatic hydroxyl groups excluding tert-OH is 1. The number of nitrogens with zero attached hydrogens (tertiary/aromatic N) is 2. The minimum Gasteiger partial charge on any atom is -0.507 e. The lowest BCUT2D eigenvalue weighted by molar-refractivity contribution is -0.132. The van der Waals surface area contributed by atoms with Gasteiger partial charge < -0.3 is 19.5 Å². The van der Waals surface area contributed by atoms with Gasteiger partial charge in [0.15, 0.2) is 0 Å². The summed E-state index contributed by atoms with van der Waals surface area (Å²) in [4.78, 5) is 31.0. The van der Waals surface area contributed by atoms with Crippen molar-refractivity contribution in [2.75, 3.05) is 36.1 Å². The van der Waals surface area contributed by atoms with Crippen molar-refractivity contribution in [2.45, 2.75) is 53.5 Å². The highest BCUT2D eigenvalue weighted by molar-refractivity contribution is 6.51. The van der Waals surface area contributed by atoms with E-state index in [1.54, 1.807) is 18.2 Å². The Morgan fingerprint density at radius 3 is 2.07 bits per heavy atom. The molecule has 41 heavy (non-hydrogen) atoms. The molecule has 0 saturated carbocycles. The number of carbonyl (C=O) groups excluding carboxylic acids is 2. The van der Waals surface area contributed by atoms with Crippen molar-refractivity contribution in [3.8, 4) is 11.5 Å². The van der Waals surface area contributed by atoms with Crippen LogP contribution >= 0.6 is 0 Å². The molecule has 0 radical (unpaired) electrons. The quantitative estimate of drug-likeness (QED) is 0.154. The van der Waals surface area contributed by atoms with E-state index in [0.717, 1.165) is 29.9 Å². The predicted octanol–water partition coefficient (Wildman–Crippen LogP) is 7.08. The smallest absolute Gasteiger partial charge is 0.300 e. The first-order valence-electron chi connectivity index (χ1n) is 14.4. The molecule has 7 heteroatoms. The lowest BCUT2D eigenvalue weighted by atomic mass is 9.94. The van der Waals surface area contributed by atoms with Gasteiger partial charge in [0, 0.05) is 30.5 Å². The third-order valence-electron chi connectivity index (χ3n) is 7.44. The topological polar surface area (TPSA) is 79.3 Å². The summed E-state index contributed by atoms with van der Waals surface area (Å²) in [6, 6.07) is 19.7. The molecule has 216 valence electrons. The zero-order valence-electron chi connectivity index (χ0n) is 24.8. The number of anilines is 2. The van der Waals surface area contributed by atoms with Crippen LogP contribution in [0.2, 0.25) is 0 Å². The summed E-state index contributed by atoms with van der Waals surface area (Å²) in [6.45, 7) is 14.7. The molecule has 4 rings (SSSR count). The van der Waals surface area contributed by atoms with E-state index in [1.807, 2.05) is 62.4 Å². The highest BCUT2D eigenvalue weighted by Crippen LogP contribution is 2.44. The third-order valence-corrected chi connectivity index (χ3v) is 7.44. The van der Waals surface area contributed by atoms with Crippen LogP contribution in [0.25, 0.3) is 5.76 Å². The lowest BCUT2D eigenvalue weighted by Crippen LogP contribution is -2.29. The molecule has 0 aromatic heterocycles. The number of ketones is 1. The molecule has 1 N–H and O–H groups in total. The predicted molar refractivity (Wildman–Crippen MR) is 164 cm³/mol. The number of ether oxygens (including phenoxy) is 2. The summed E-state index contributed by atoms with van der Waals surface area (Å²) in [5.74, 6) is -0.440. The molecule has 1 aliphatic rings. The fourth-order valence-electron chi connectivity index (χ4n) is 5.26. The Labute approximate surface area is 243 Å². The average molecular weight is 557 g/mol. The fourth-order valence-corrected chi connectivity index (χ4v) is 5.26. The maximum Gasteiger partial charge on any atom is 0.300 e. The Kier molecular flexibility index (Phi) is 9.38. The summed E-state index contributed by atoms with van der Waals surface area (Å²) in [6.07, 6.45) is 0. The van der Waals surface area contributed by atoms with Gasteiger partial charge in [0.05, 0.1) is 30.4 Å². The van der Waals surface area contributed by atoms with Crippen molar-refractivity contribution in [1.82, 2.24) is 0 Å². The molecule has 0 spiro atoms. The Morgan fingerprint density at radius 2 is 1.51 bits per heavy atom. The minimum atomic E-state index is -0.827. The second kappa shape index (κ2) is 12.9. The maximum absolute atomic E-state index is 13.7. The number of amides is 1. The summed E-state index contributed by atoms with van der Waals surface area (Å²) in [5, 5.41) is 11.7. The van der Waals surface area contributed by atoms with Gasteiger partial charge in [-0.1, -0.05) is 38.1 Å². The highest BCUT2D eigenvalue weighted by atomic mass is 16.5. The molecule has 1 fully saturated rings. The molecular weight excluding hydrogens is 516 g/mol. The van der Waals surface area contributed by atoms with Crippen LogP contribution in [-0.4, -0.2) is 43.1 Å². The monoisotopic (exact) mass is 556 g/mol. The normalized spacial score (nSPS) is 16.4. The van der Waals surface area contributed by atoms with E-state index in [0.29, 0.717) is 41.9 Å². The average Bonchev–Trinajstić information content (AvgIpc) is 3.24. The van der Waals surface area contributed by atoms with Crippen LogP contribution in [0, 0.1) is 0 Å². The zero-order chi connectivity index (χ0) is 29.7. The second-order valence-corrected chi connectivity index (χ2v) is 10.2. The van der Waals surface area contributed by atoms with Crippen molar-refractivity contribution in [3.05, 3.63) is 89.0 Å². The van der Waals surface area contributed by atoms with E-state index in [9.17, 15) is 14.7 Å². The molecule has 1 heterocycles. The summed E-state index contributed by atoms with van der Waals surface area (Å²) in [5.41, 5.74) is 3.82. The number of Topliss-reactive ketones (excluding diaryl/α,β-unsaturated/α-hetero) is 1. The van der Waals surface area contributed by atoms with Gasteiger partial charge in [0.25, 0.3) is 11.7 Å². The molecule has 1 aliphatic heterocycles. The molecule has 1 unspecified atom stereocenters. The number of hydrogen-bond donors (Lipinski definition) is 1. The van der Waals surface area contributed by atoms with Gasteiger partial charge in [0.1, 0.15) is 17.3 Å².